The molecule has 0 spiro atoms. The Morgan fingerprint density at radius 3 is 2.50 bits per heavy atom. The van der Waals surface area contributed by atoms with Crippen LogP contribution < -0.4 is 4.74 Å². The van der Waals surface area contributed by atoms with Gasteiger partial charge in [0.25, 0.3) is 0 Å². The summed E-state index contributed by atoms with van der Waals surface area (Å²) in [5.41, 5.74) is 2.21. The van der Waals surface area contributed by atoms with Crippen LogP contribution in [0.2, 0.25) is 0 Å². The number of hydrogen-bond donors (Lipinski definition) is 0. The lowest BCUT2D eigenvalue weighted by Gasteiger charge is -2.15. The van der Waals surface area contributed by atoms with E-state index in [4.69, 9.17) is 9.15 Å². The van der Waals surface area contributed by atoms with Crippen molar-refractivity contribution in [3.63, 3.8) is 0 Å². The van der Waals surface area contributed by atoms with Gasteiger partial charge in [0.1, 0.15) is 12.0 Å². The van der Waals surface area contributed by atoms with Crippen LogP contribution in [0.5, 0.6) is 5.75 Å². The van der Waals surface area contributed by atoms with Gasteiger partial charge in [0.15, 0.2) is 5.89 Å². The molecule has 1 heterocycles. The molecule has 0 N–H and O–H groups in total. The molecule has 0 fully saturated rings. The van der Waals surface area contributed by atoms with E-state index >= 15 is 0 Å². The third-order valence-corrected chi connectivity index (χ3v) is 2.71. The molecule has 0 atom stereocenters. The van der Waals surface area contributed by atoms with Gasteiger partial charge in [-0.15, -0.1) is 0 Å². The van der Waals surface area contributed by atoms with Gasteiger partial charge in [-0.2, -0.15) is 0 Å². The molecular formula is C14H18N2O2. The van der Waals surface area contributed by atoms with Crippen LogP contribution in [-0.2, 0) is 13.1 Å². The predicted molar refractivity (Wildman–Crippen MR) is 69.4 cm³/mol. The number of aryl methyl sites for hydroxylation is 1. The molecule has 0 bridgehead atoms. The molecule has 96 valence electrons. The van der Waals surface area contributed by atoms with Crippen LogP contribution in [0.4, 0.5) is 0 Å². The van der Waals surface area contributed by atoms with Gasteiger partial charge in [-0.3, -0.25) is 4.90 Å². The zero-order chi connectivity index (χ0) is 13.0. The molecule has 0 radical (unpaired) electrons. The van der Waals surface area contributed by atoms with E-state index in [2.05, 4.69) is 29.1 Å². The van der Waals surface area contributed by atoms with Gasteiger partial charge in [-0.05, 0) is 24.7 Å². The highest BCUT2D eigenvalue weighted by molar-refractivity contribution is 5.27. The van der Waals surface area contributed by atoms with E-state index in [1.54, 1.807) is 13.4 Å². The van der Waals surface area contributed by atoms with Crippen molar-refractivity contribution in [1.29, 1.82) is 0 Å². The van der Waals surface area contributed by atoms with Gasteiger partial charge < -0.3 is 9.15 Å². The first-order valence-electron chi connectivity index (χ1n) is 5.90. The molecule has 4 nitrogen and oxygen atoms in total. The molecule has 1 aromatic carbocycles. The Labute approximate surface area is 107 Å². The lowest BCUT2D eigenvalue weighted by molar-refractivity contribution is 0.314. The monoisotopic (exact) mass is 246 g/mol. The molecular weight excluding hydrogens is 228 g/mol. The number of ether oxygens (including phenoxy) is 1. The van der Waals surface area contributed by atoms with E-state index < -0.39 is 0 Å². The zero-order valence-electron chi connectivity index (χ0n) is 11.0. The summed E-state index contributed by atoms with van der Waals surface area (Å²) in [4.78, 5) is 6.48. The SMILES string of the molecule is COc1ccc(CN(C)Cc2coc(C)n2)cc1. The summed E-state index contributed by atoms with van der Waals surface area (Å²) in [6, 6.07) is 8.10. The molecule has 1 aromatic heterocycles. The van der Waals surface area contributed by atoms with Crippen LogP contribution in [0.15, 0.2) is 34.9 Å². The largest absolute Gasteiger partial charge is 0.497 e. The maximum absolute atomic E-state index is 5.19. The highest BCUT2D eigenvalue weighted by atomic mass is 16.5. The normalized spacial score (nSPS) is 10.9. The summed E-state index contributed by atoms with van der Waals surface area (Å²) in [5, 5.41) is 0. The van der Waals surface area contributed by atoms with Crippen LogP contribution in [-0.4, -0.2) is 24.0 Å². The fourth-order valence-electron chi connectivity index (χ4n) is 1.86. The number of oxazole rings is 1. The third kappa shape index (κ3) is 3.34. The molecule has 2 aromatic rings. The minimum absolute atomic E-state index is 0.711. The lowest BCUT2D eigenvalue weighted by atomic mass is 10.2. The van der Waals surface area contributed by atoms with E-state index in [-0.39, 0.29) is 0 Å². The summed E-state index contributed by atoms with van der Waals surface area (Å²) in [6.07, 6.45) is 1.71. The quantitative estimate of drug-likeness (QED) is 0.813. The number of nitrogens with zero attached hydrogens (tertiary/aromatic N) is 2. The van der Waals surface area contributed by atoms with E-state index in [0.29, 0.717) is 5.89 Å². The third-order valence-electron chi connectivity index (χ3n) is 2.71. The van der Waals surface area contributed by atoms with Gasteiger partial charge in [0.05, 0.1) is 12.8 Å². The Morgan fingerprint density at radius 1 is 1.22 bits per heavy atom. The van der Waals surface area contributed by atoms with Crippen LogP contribution in [0.1, 0.15) is 17.1 Å². The first kappa shape index (κ1) is 12.6. The maximum atomic E-state index is 5.19. The van der Waals surface area contributed by atoms with Crippen LogP contribution in [0.3, 0.4) is 0 Å². The van der Waals surface area contributed by atoms with E-state index in [0.717, 1.165) is 24.5 Å². The smallest absolute Gasteiger partial charge is 0.191 e. The summed E-state index contributed by atoms with van der Waals surface area (Å²) in [6.45, 7) is 3.51. The fraction of sp³-hybridized carbons (Fsp3) is 0.357. The standard InChI is InChI=1S/C14H18N2O2/c1-11-15-13(10-18-11)9-16(2)8-12-4-6-14(17-3)7-5-12/h4-7,10H,8-9H2,1-3H3. The topological polar surface area (TPSA) is 38.5 Å². The Hall–Kier alpha value is -1.81. The summed E-state index contributed by atoms with van der Waals surface area (Å²) in [7, 11) is 3.74. The van der Waals surface area contributed by atoms with E-state index in [9.17, 15) is 0 Å². The Balaban J connectivity index is 1.91. The van der Waals surface area contributed by atoms with Crippen molar-refractivity contribution in [3.05, 3.63) is 47.7 Å². The lowest BCUT2D eigenvalue weighted by Crippen LogP contribution is -2.17. The molecule has 0 amide bonds. The summed E-state index contributed by atoms with van der Waals surface area (Å²) >= 11 is 0. The maximum Gasteiger partial charge on any atom is 0.191 e. The van der Waals surface area contributed by atoms with Crippen molar-refractivity contribution in [2.75, 3.05) is 14.2 Å². The second-order valence-corrected chi connectivity index (χ2v) is 4.38. The van der Waals surface area contributed by atoms with Crippen molar-refractivity contribution in [1.82, 2.24) is 9.88 Å². The van der Waals surface area contributed by atoms with Crippen molar-refractivity contribution < 1.29 is 9.15 Å². The van der Waals surface area contributed by atoms with Crippen LogP contribution >= 0.6 is 0 Å². The van der Waals surface area contributed by atoms with Gasteiger partial charge in [-0.25, -0.2) is 4.98 Å². The van der Waals surface area contributed by atoms with Gasteiger partial charge in [-0.1, -0.05) is 12.1 Å². The minimum atomic E-state index is 0.711. The van der Waals surface area contributed by atoms with Crippen molar-refractivity contribution in [2.45, 2.75) is 20.0 Å². The highest BCUT2D eigenvalue weighted by Gasteiger charge is 2.05. The van der Waals surface area contributed by atoms with E-state index in [1.165, 1.54) is 5.56 Å². The predicted octanol–water partition coefficient (Wildman–Crippen LogP) is 2.62. The Morgan fingerprint density at radius 2 is 1.94 bits per heavy atom. The molecule has 0 unspecified atom stereocenters. The summed E-state index contributed by atoms with van der Waals surface area (Å²) in [5.74, 6) is 1.59. The van der Waals surface area contributed by atoms with Gasteiger partial charge in [0, 0.05) is 20.0 Å². The fourth-order valence-corrected chi connectivity index (χ4v) is 1.86. The van der Waals surface area contributed by atoms with Crippen molar-refractivity contribution in [2.24, 2.45) is 0 Å². The number of methoxy groups -OCH3 is 1. The molecule has 4 heteroatoms. The molecule has 0 aliphatic rings. The molecule has 0 aliphatic carbocycles. The van der Waals surface area contributed by atoms with Crippen LogP contribution in [0.25, 0.3) is 0 Å². The highest BCUT2D eigenvalue weighted by Crippen LogP contribution is 2.13. The second kappa shape index (κ2) is 5.69. The Kier molecular flexibility index (Phi) is 3.99. The molecule has 0 aliphatic heterocycles. The average Bonchev–Trinajstić information content (AvgIpc) is 2.75. The first-order valence-corrected chi connectivity index (χ1v) is 5.90. The van der Waals surface area contributed by atoms with E-state index in [1.807, 2.05) is 19.1 Å². The first-order chi connectivity index (χ1) is 8.67. The average molecular weight is 246 g/mol. The number of benzene rings is 1. The number of rotatable bonds is 5. The van der Waals surface area contributed by atoms with Crippen molar-refractivity contribution >= 4 is 0 Å². The van der Waals surface area contributed by atoms with Gasteiger partial charge in [0.2, 0.25) is 0 Å². The molecule has 0 saturated heterocycles. The van der Waals surface area contributed by atoms with Crippen LogP contribution in [0, 0.1) is 6.92 Å². The van der Waals surface area contributed by atoms with Crippen molar-refractivity contribution in [3.8, 4) is 5.75 Å². The number of hydrogen-bond acceptors (Lipinski definition) is 4. The molecule has 0 saturated carbocycles. The second-order valence-electron chi connectivity index (χ2n) is 4.38. The van der Waals surface area contributed by atoms with Gasteiger partial charge >= 0.3 is 0 Å². The minimum Gasteiger partial charge on any atom is -0.497 e. The molecule has 2 rings (SSSR count). The number of aromatic nitrogens is 1. The summed E-state index contributed by atoms with van der Waals surface area (Å²) < 4.78 is 10.3. The Bertz CT molecular complexity index is 491. The zero-order valence-corrected chi connectivity index (χ0v) is 11.0. The molecule has 18 heavy (non-hydrogen) atoms.